The molecule has 3 rings (SSSR count). The van der Waals surface area contributed by atoms with E-state index in [2.05, 4.69) is 0 Å². The standard InChI is InChI=1S/C14H19NO2/c15-9-14(16,10-4-5-10)11-2-1-3-13(8-11)17-12-6-7-12/h1-3,8,10,12,16H,4-7,9,15H2. The molecule has 0 bridgehead atoms. The van der Waals surface area contributed by atoms with Crippen molar-refractivity contribution in [3.05, 3.63) is 29.8 Å². The van der Waals surface area contributed by atoms with Crippen molar-refractivity contribution in [2.45, 2.75) is 37.4 Å². The van der Waals surface area contributed by atoms with E-state index in [-0.39, 0.29) is 6.54 Å². The van der Waals surface area contributed by atoms with Crippen LogP contribution < -0.4 is 10.5 Å². The van der Waals surface area contributed by atoms with Crippen molar-refractivity contribution >= 4 is 0 Å². The lowest BCUT2D eigenvalue weighted by atomic mass is 9.89. The Kier molecular flexibility index (Phi) is 2.60. The summed E-state index contributed by atoms with van der Waals surface area (Å²) in [6.45, 7) is 0.282. The van der Waals surface area contributed by atoms with Crippen LogP contribution in [0.2, 0.25) is 0 Å². The molecule has 0 aromatic heterocycles. The zero-order valence-electron chi connectivity index (χ0n) is 9.93. The van der Waals surface area contributed by atoms with E-state index in [1.54, 1.807) is 0 Å². The molecule has 1 atom stereocenters. The molecule has 2 saturated carbocycles. The van der Waals surface area contributed by atoms with Crippen LogP contribution in [0.25, 0.3) is 0 Å². The van der Waals surface area contributed by atoms with E-state index in [0.717, 1.165) is 37.0 Å². The summed E-state index contributed by atoms with van der Waals surface area (Å²) in [4.78, 5) is 0. The van der Waals surface area contributed by atoms with Gasteiger partial charge in [-0.3, -0.25) is 0 Å². The summed E-state index contributed by atoms with van der Waals surface area (Å²) in [6.07, 6.45) is 4.82. The van der Waals surface area contributed by atoms with Crippen LogP contribution in [0.15, 0.2) is 24.3 Å². The first kappa shape index (κ1) is 11.1. The second-order valence-electron chi connectivity index (χ2n) is 5.25. The number of rotatable bonds is 5. The first-order chi connectivity index (χ1) is 8.22. The van der Waals surface area contributed by atoms with Crippen LogP contribution in [0.4, 0.5) is 0 Å². The van der Waals surface area contributed by atoms with E-state index in [4.69, 9.17) is 10.5 Å². The minimum Gasteiger partial charge on any atom is -0.490 e. The fourth-order valence-electron chi connectivity index (χ4n) is 2.30. The van der Waals surface area contributed by atoms with Crippen LogP contribution >= 0.6 is 0 Å². The van der Waals surface area contributed by atoms with Gasteiger partial charge in [-0.2, -0.15) is 0 Å². The Balaban J connectivity index is 1.84. The molecule has 0 amide bonds. The second kappa shape index (κ2) is 4.00. The number of ether oxygens (including phenoxy) is 1. The molecule has 0 heterocycles. The molecule has 0 radical (unpaired) electrons. The third-order valence-corrected chi connectivity index (χ3v) is 3.72. The number of hydrogen-bond acceptors (Lipinski definition) is 3. The van der Waals surface area contributed by atoms with Crippen molar-refractivity contribution in [3.8, 4) is 5.75 Å². The molecule has 2 aliphatic rings. The topological polar surface area (TPSA) is 55.5 Å². The van der Waals surface area contributed by atoms with Crippen LogP contribution in [0, 0.1) is 5.92 Å². The van der Waals surface area contributed by atoms with Gasteiger partial charge in [-0.05, 0) is 49.3 Å². The van der Waals surface area contributed by atoms with Gasteiger partial charge in [-0.15, -0.1) is 0 Å². The molecule has 1 unspecified atom stereocenters. The molecule has 1 aromatic rings. The fourth-order valence-corrected chi connectivity index (χ4v) is 2.30. The van der Waals surface area contributed by atoms with Gasteiger partial charge in [0.25, 0.3) is 0 Å². The highest BCUT2D eigenvalue weighted by Crippen LogP contribution is 2.45. The summed E-state index contributed by atoms with van der Waals surface area (Å²) in [7, 11) is 0. The monoisotopic (exact) mass is 233 g/mol. The van der Waals surface area contributed by atoms with Crippen LogP contribution in [-0.2, 0) is 5.60 Å². The number of nitrogens with two attached hydrogens (primary N) is 1. The average Bonchev–Trinajstić information content (AvgIpc) is 3.20. The smallest absolute Gasteiger partial charge is 0.120 e. The van der Waals surface area contributed by atoms with E-state index in [9.17, 15) is 5.11 Å². The van der Waals surface area contributed by atoms with Crippen LogP contribution in [0.3, 0.4) is 0 Å². The third-order valence-electron chi connectivity index (χ3n) is 3.72. The van der Waals surface area contributed by atoms with E-state index >= 15 is 0 Å². The Labute approximate surface area is 102 Å². The largest absolute Gasteiger partial charge is 0.490 e. The van der Waals surface area contributed by atoms with E-state index in [1.807, 2.05) is 24.3 Å². The molecule has 3 nitrogen and oxygen atoms in total. The molecule has 0 aliphatic heterocycles. The van der Waals surface area contributed by atoms with Gasteiger partial charge < -0.3 is 15.6 Å². The quantitative estimate of drug-likeness (QED) is 0.815. The maximum Gasteiger partial charge on any atom is 0.120 e. The highest BCUT2D eigenvalue weighted by atomic mass is 16.5. The molecule has 92 valence electrons. The zero-order valence-corrected chi connectivity index (χ0v) is 9.93. The Morgan fingerprint density at radius 2 is 2.06 bits per heavy atom. The van der Waals surface area contributed by atoms with Gasteiger partial charge in [0.1, 0.15) is 11.4 Å². The summed E-state index contributed by atoms with van der Waals surface area (Å²) in [5.41, 5.74) is 5.80. The Morgan fingerprint density at radius 3 is 2.65 bits per heavy atom. The molecule has 3 N–H and O–H groups in total. The van der Waals surface area contributed by atoms with E-state index in [1.165, 1.54) is 0 Å². The lowest BCUT2D eigenvalue weighted by Gasteiger charge is -2.27. The van der Waals surface area contributed by atoms with Crippen LogP contribution in [0.1, 0.15) is 31.2 Å². The maximum absolute atomic E-state index is 10.6. The number of aliphatic hydroxyl groups is 1. The summed E-state index contributed by atoms with van der Waals surface area (Å²) < 4.78 is 5.75. The highest BCUT2D eigenvalue weighted by Gasteiger charge is 2.44. The number of benzene rings is 1. The van der Waals surface area contributed by atoms with Crippen LogP contribution in [0.5, 0.6) is 5.75 Å². The van der Waals surface area contributed by atoms with Crippen molar-refractivity contribution in [3.63, 3.8) is 0 Å². The van der Waals surface area contributed by atoms with Crippen molar-refractivity contribution in [2.75, 3.05) is 6.54 Å². The Morgan fingerprint density at radius 1 is 1.29 bits per heavy atom. The normalized spacial score (nSPS) is 23.2. The second-order valence-corrected chi connectivity index (χ2v) is 5.25. The molecule has 0 saturated heterocycles. The lowest BCUT2D eigenvalue weighted by molar-refractivity contribution is 0.0220. The molecule has 2 aliphatic carbocycles. The first-order valence-electron chi connectivity index (χ1n) is 6.42. The van der Waals surface area contributed by atoms with Gasteiger partial charge >= 0.3 is 0 Å². The molecule has 2 fully saturated rings. The van der Waals surface area contributed by atoms with Crippen molar-refractivity contribution in [2.24, 2.45) is 11.7 Å². The van der Waals surface area contributed by atoms with Gasteiger partial charge in [0.05, 0.1) is 6.10 Å². The lowest BCUT2D eigenvalue weighted by Crippen LogP contribution is -2.37. The zero-order chi connectivity index (χ0) is 11.9. The number of hydrogen-bond donors (Lipinski definition) is 2. The molecule has 0 spiro atoms. The molecule has 3 heteroatoms. The maximum atomic E-state index is 10.6. The summed E-state index contributed by atoms with van der Waals surface area (Å²) in [5, 5.41) is 10.6. The SMILES string of the molecule is NCC(O)(c1cccc(OC2CC2)c1)C1CC1. The highest BCUT2D eigenvalue weighted by molar-refractivity contribution is 5.34. The summed E-state index contributed by atoms with van der Waals surface area (Å²) in [6, 6.07) is 7.79. The summed E-state index contributed by atoms with van der Waals surface area (Å²) >= 11 is 0. The average molecular weight is 233 g/mol. The molecule has 17 heavy (non-hydrogen) atoms. The van der Waals surface area contributed by atoms with Gasteiger partial charge in [-0.25, -0.2) is 0 Å². The summed E-state index contributed by atoms with van der Waals surface area (Å²) in [5.74, 6) is 1.18. The predicted octanol–water partition coefficient (Wildman–Crippen LogP) is 1.78. The first-order valence-corrected chi connectivity index (χ1v) is 6.42. The molecule has 1 aromatic carbocycles. The van der Waals surface area contributed by atoms with E-state index in [0.29, 0.717) is 12.0 Å². The van der Waals surface area contributed by atoms with Crippen LogP contribution in [-0.4, -0.2) is 17.8 Å². The minimum absolute atomic E-state index is 0.282. The van der Waals surface area contributed by atoms with Gasteiger partial charge in [0.2, 0.25) is 0 Å². The van der Waals surface area contributed by atoms with Crippen molar-refractivity contribution in [1.29, 1.82) is 0 Å². The van der Waals surface area contributed by atoms with E-state index < -0.39 is 5.60 Å². The molecular weight excluding hydrogens is 214 g/mol. The van der Waals surface area contributed by atoms with Crippen molar-refractivity contribution in [1.82, 2.24) is 0 Å². The third kappa shape index (κ3) is 2.17. The Bertz CT molecular complexity index is 412. The van der Waals surface area contributed by atoms with Gasteiger partial charge in [-0.1, -0.05) is 12.1 Å². The Hall–Kier alpha value is -1.06. The predicted molar refractivity (Wildman–Crippen MR) is 65.8 cm³/mol. The van der Waals surface area contributed by atoms with Gasteiger partial charge in [0, 0.05) is 6.54 Å². The fraction of sp³-hybridized carbons (Fsp3) is 0.571. The van der Waals surface area contributed by atoms with Crippen molar-refractivity contribution < 1.29 is 9.84 Å². The van der Waals surface area contributed by atoms with Gasteiger partial charge in [0.15, 0.2) is 0 Å². The minimum atomic E-state index is -0.858. The molecular formula is C14H19NO2.